The number of aliphatic hydroxyl groups excluding tert-OH is 1. The number of ether oxygens (including phenoxy) is 1. The lowest BCUT2D eigenvalue weighted by molar-refractivity contribution is 0.0718. The van der Waals surface area contributed by atoms with E-state index in [1.165, 1.54) is 6.07 Å². The third kappa shape index (κ3) is 5.87. The Balaban J connectivity index is 1.54. The number of carbonyl (C=O) groups is 1. The van der Waals surface area contributed by atoms with Crippen LogP contribution in [0.15, 0.2) is 53.4 Å². The summed E-state index contributed by atoms with van der Waals surface area (Å²) >= 11 is 0. The second kappa shape index (κ2) is 10.4. The Kier molecular flexibility index (Phi) is 7.04. The standard InChI is InChI=1S/C25H28N6O5S/c1-37(34,35)21-5-3-2-4-20(21)23-28-22(29-24(30-23)31-12-13-36-15-19(31)14-32)16-6-8-17(9-7-16)26-25(33)27-18-10-11-18/h2-9,18-19,32H,10-15H2,1H3,(H2,26,27,33). The van der Waals surface area contributed by atoms with Crippen molar-refractivity contribution in [2.45, 2.75) is 29.8 Å². The van der Waals surface area contributed by atoms with E-state index in [1.807, 2.05) is 4.90 Å². The summed E-state index contributed by atoms with van der Waals surface area (Å²) in [6.45, 7) is 1.06. The van der Waals surface area contributed by atoms with Gasteiger partial charge < -0.3 is 25.4 Å². The Morgan fingerprint density at radius 1 is 1.08 bits per heavy atom. The second-order valence-electron chi connectivity index (χ2n) is 9.11. The van der Waals surface area contributed by atoms with Crippen LogP contribution in [0.2, 0.25) is 0 Å². The van der Waals surface area contributed by atoms with Crippen molar-refractivity contribution >= 4 is 27.5 Å². The van der Waals surface area contributed by atoms with Crippen molar-refractivity contribution in [1.29, 1.82) is 0 Å². The molecule has 1 aliphatic carbocycles. The summed E-state index contributed by atoms with van der Waals surface area (Å²) in [4.78, 5) is 27.9. The Bertz CT molecular complexity index is 1390. The maximum absolute atomic E-state index is 12.5. The number of carbonyl (C=O) groups excluding carboxylic acids is 1. The molecular formula is C25H28N6O5S. The van der Waals surface area contributed by atoms with E-state index in [4.69, 9.17) is 4.74 Å². The third-order valence-corrected chi connectivity index (χ3v) is 7.31. The lowest BCUT2D eigenvalue weighted by Crippen LogP contribution is -2.48. The predicted octanol–water partition coefficient (Wildman–Crippen LogP) is 2.09. The van der Waals surface area contributed by atoms with Crippen molar-refractivity contribution in [2.75, 3.05) is 42.8 Å². The molecule has 1 aromatic heterocycles. The van der Waals surface area contributed by atoms with Gasteiger partial charge in [0.1, 0.15) is 0 Å². The minimum absolute atomic E-state index is 0.111. The largest absolute Gasteiger partial charge is 0.394 e. The number of benzene rings is 2. The number of anilines is 2. The molecular weight excluding hydrogens is 496 g/mol. The minimum atomic E-state index is -3.55. The zero-order valence-electron chi connectivity index (χ0n) is 20.3. The van der Waals surface area contributed by atoms with E-state index in [-0.39, 0.29) is 35.4 Å². The molecule has 2 aliphatic rings. The van der Waals surface area contributed by atoms with Crippen LogP contribution in [0.25, 0.3) is 22.8 Å². The van der Waals surface area contributed by atoms with Gasteiger partial charge in [0.05, 0.1) is 30.8 Å². The average molecular weight is 525 g/mol. The number of amides is 2. The zero-order valence-corrected chi connectivity index (χ0v) is 21.1. The van der Waals surface area contributed by atoms with E-state index in [9.17, 15) is 18.3 Å². The number of nitrogens with one attached hydrogen (secondary N) is 2. The Morgan fingerprint density at radius 2 is 1.81 bits per heavy atom. The topological polar surface area (TPSA) is 147 Å². The quantitative estimate of drug-likeness (QED) is 0.423. The highest BCUT2D eigenvalue weighted by atomic mass is 32.2. The highest BCUT2D eigenvalue weighted by Crippen LogP contribution is 2.29. The molecule has 2 heterocycles. The number of rotatable bonds is 7. The van der Waals surface area contributed by atoms with Gasteiger partial charge in [-0.3, -0.25) is 0 Å². The van der Waals surface area contributed by atoms with Crippen molar-refractivity contribution in [1.82, 2.24) is 20.3 Å². The number of morpholine rings is 1. The van der Waals surface area contributed by atoms with Gasteiger partial charge >= 0.3 is 6.03 Å². The van der Waals surface area contributed by atoms with Crippen molar-refractivity contribution in [2.24, 2.45) is 0 Å². The van der Waals surface area contributed by atoms with Crippen LogP contribution in [0.3, 0.4) is 0 Å². The fourth-order valence-electron chi connectivity index (χ4n) is 4.07. The first-order chi connectivity index (χ1) is 17.8. The summed E-state index contributed by atoms with van der Waals surface area (Å²) in [5, 5.41) is 15.6. The molecule has 11 nitrogen and oxygen atoms in total. The van der Waals surface area contributed by atoms with E-state index < -0.39 is 9.84 Å². The van der Waals surface area contributed by atoms with Crippen molar-refractivity contribution in [3.8, 4) is 22.8 Å². The summed E-state index contributed by atoms with van der Waals surface area (Å²) in [6, 6.07) is 13.3. The Labute approximate surface area is 214 Å². The van der Waals surface area contributed by atoms with Crippen LogP contribution in [-0.4, -0.2) is 79.2 Å². The number of aromatic nitrogens is 3. The maximum atomic E-state index is 12.5. The molecule has 0 radical (unpaired) electrons. The molecule has 1 aliphatic heterocycles. The lowest BCUT2D eigenvalue weighted by atomic mass is 10.1. The minimum Gasteiger partial charge on any atom is -0.394 e. The molecule has 12 heteroatoms. The number of urea groups is 1. The summed E-state index contributed by atoms with van der Waals surface area (Å²) in [5.74, 6) is 0.854. The van der Waals surface area contributed by atoms with Crippen LogP contribution in [0.5, 0.6) is 0 Å². The summed E-state index contributed by atoms with van der Waals surface area (Å²) in [6.07, 6.45) is 3.14. The number of aliphatic hydroxyl groups is 1. The molecule has 2 aromatic carbocycles. The molecule has 1 atom stereocenters. The highest BCUT2D eigenvalue weighted by molar-refractivity contribution is 7.90. The van der Waals surface area contributed by atoms with Crippen LogP contribution < -0.4 is 15.5 Å². The van der Waals surface area contributed by atoms with Gasteiger partial charge in [-0.25, -0.2) is 18.2 Å². The molecule has 2 fully saturated rings. The van der Waals surface area contributed by atoms with Crippen LogP contribution in [0.1, 0.15) is 12.8 Å². The molecule has 2 amide bonds. The maximum Gasteiger partial charge on any atom is 0.319 e. The first-order valence-corrected chi connectivity index (χ1v) is 13.9. The molecule has 3 N–H and O–H groups in total. The molecule has 0 bridgehead atoms. The SMILES string of the molecule is CS(=O)(=O)c1ccccc1-c1nc(-c2ccc(NC(=O)NC3CC3)cc2)nc(N2CCOCC2CO)n1. The monoisotopic (exact) mass is 524 g/mol. The molecule has 37 heavy (non-hydrogen) atoms. The fourth-order valence-corrected chi connectivity index (χ4v) is 4.95. The van der Waals surface area contributed by atoms with Crippen molar-refractivity contribution in [3.63, 3.8) is 0 Å². The molecule has 5 rings (SSSR count). The van der Waals surface area contributed by atoms with E-state index in [2.05, 4.69) is 25.6 Å². The summed E-state index contributed by atoms with van der Waals surface area (Å²) in [5.41, 5.74) is 1.63. The summed E-state index contributed by atoms with van der Waals surface area (Å²) in [7, 11) is -3.55. The smallest absolute Gasteiger partial charge is 0.319 e. The van der Waals surface area contributed by atoms with Gasteiger partial charge in [0, 0.05) is 35.7 Å². The van der Waals surface area contributed by atoms with Crippen LogP contribution in [0, 0.1) is 0 Å². The first kappa shape index (κ1) is 25.1. The molecule has 194 valence electrons. The van der Waals surface area contributed by atoms with Gasteiger partial charge in [-0.05, 0) is 49.2 Å². The van der Waals surface area contributed by atoms with Gasteiger partial charge in [-0.2, -0.15) is 9.97 Å². The van der Waals surface area contributed by atoms with Gasteiger partial charge in [-0.15, -0.1) is 0 Å². The first-order valence-electron chi connectivity index (χ1n) is 12.0. The Hall–Kier alpha value is -3.61. The van der Waals surface area contributed by atoms with Gasteiger partial charge in [0.25, 0.3) is 0 Å². The van der Waals surface area contributed by atoms with Crippen LogP contribution in [0.4, 0.5) is 16.4 Å². The molecule has 1 saturated heterocycles. The normalized spacial score (nSPS) is 17.9. The van der Waals surface area contributed by atoms with Gasteiger partial charge in [0.2, 0.25) is 5.95 Å². The van der Waals surface area contributed by atoms with Crippen molar-refractivity contribution < 1.29 is 23.1 Å². The lowest BCUT2D eigenvalue weighted by Gasteiger charge is -2.34. The zero-order chi connectivity index (χ0) is 26.0. The average Bonchev–Trinajstić information content (AvgIpc) is 3.72. The van der Waals surface area contributed by atoms with Crippen molar-refractivity contribution in [3.05, 3.63) is 48.5 Å². The van der Waals surface area contributed by atoms with E-state index in [0.29, 0.717) is 48.3 Å². The van der Waals surface area contributed by atoms with Gasteiger partial charge in [0.15, 0.2) is 21.5 Å². The predicted molar refractivity (Wildman–Crippen MR) is 138 cm³/mol. The second-order valence-corrected chi connectivity index (χ2v) is 11.1. The van der Waals surface area contributed by atoms with E-state index in [0.717, 1.165) is 19.1 Å². The molecule has 3 aromatic rings. The number of sulfone groups is 1. The van der Waals surface area contributed by atoms with Crippen LogP contribution in [-0.2, 0) is 14.6 Å². The summed E-state index contributed by atoms with van der Waals surface area (Å²) < 4.78 is 30.5. The third-order valence-electron chi connectivity index (χ3n) is 6.16. The highest BCUT2D eigenvalue weighted by Gasteiger charge is 2.27. The number of nitrogens with zero attached hydrogens (tertiary/aromatic N) is 4. The van der Waals surface area contributed by atoms with E-state index in [1.54, 1.807) is 42.5 Å². The van der Waals surface area contributed by atoms with Crippen LogP contribution >= 0.6 is 0 Å². The Morgan fingerprint density at radius 3 is 2.51 bits per heavy atom. The number of hydrogen-bond acceptors (Lipinski definition) is 9. The van der Waals surface area contributed by atoms with E-state index >= 15 is 0 Å². The van der Waals surface area contributed by atoms with Gasteiger partial charge in [-0.1, -0.05) is 12.1 Å². The molecule has 1 saturated carbocycles. The molecule has 1 unspecified atom stereocenters. The number of hydrogen-bond donors (Lipinski definition) is 3. The fraction of sp³-hybridized carbons (Fsp3) is 0.360. The molecule has 0 spiro atoms.